The Balaban J connectivity index is 1.57. The zero-order chi connectivity index (χ0) is 25.5. The van der Waals surface area contributed by atoms with Crippen LogP contribution in [0.4, 0.5) is 5.00 Å². The number of anilines is 1. The molecule has 7 heteroatoms. The first kappa shape index (κ1) is 24.7. The van der Waals surface area contributed by atoms with Crippen molar-refractivity contribution in [2.45, 2.75) is 53.0 Å². The Morgan fingerprint density at radius 1 is 1.03 bits per heavy atom. The summed E-state index contributed by atoms with van der Waals surface area (Å²) in [5, 5.41) is 13.0. The summed E-state index contributed by atoms with van der Waals surface area (Å²) in [6.45, 7) is 11.0. The number of carbonyl (C=O) groups excluding carboxylic acids is 2. The highest BCUT2D eigenvalue weighted by Gasteiger charge is 2.31. The van der Waals surface area contributed by atoms with E-state index in [1.165, 1.54) is 11.3 Å². The van der Waals surface area contributed by atoms with Gasteiger partial charge in [0.15, 0.2) is 0 Å². The van der Waals surface area contributed by atoms with Crippen molar-refractivity contribution in [3.63, 3.8) is 0 Å². The van der Waals surface area contributed by atoms with Crippen LogP contribution in [0.1, 0.15) is 79.0 Å². The van der Waals surface area contributed by atoms with Crippen molar-refractivity contribution in [1.29, 1.82) is 0 Å². The molecule has 4 rings (SSSR count). The quantitative estimate of drug-likeness (QED) is 0.483. The van der Waals surface area contributed by atoms with Gasteiger partial charge >= 0.3 is 5.97 Å². The summed E-state index contributed by atoms with van der Waals surface area (Å²) in [4.78, 5) is 40.8. The molecule has 182 valence electrons. The van der Waals surface area contributed by atoms with Crippen molar-refractivity contribution in [1.82, 2.24) is 4.90 Å². The van der Waals surface area contributed by atoms with E-state index in [-0.39, 0.29) is 22.8 Å². The molecule has 1 aliphatic heterocycles. The molecule has 35 heavy (non-hydrogen) atoms. The van der Waals surface area contributed by atoms with Crippen LogP contribution in [0.2, 0.25) is 0 Å². The molecule has 0 unspecified atom stereocenters. The van der Waals surface area contributed by atoms with E-state index < -0.39 is 5.97 Å². The highest BCUT2D eigenvalue weighted by Crippen LogP contribution is 2.38. The summed E-state index contributed by atoms with van der Waals surface area (Å²) in [6, 6.07) is 13.1. The molecule has 0 saturated carbocycles. The second-order valence-corrected chi connectivity index (χ2v) is 11.2. The average molecular weight is 491 g/mol. The van der Waals surface area contributed by atoms with E-state index in [2.05, 4.69) is 26.1 Å². The predicted molar refractivity (Wildman–Crippen MR) is 139 cm³/mol. The van der Waals surface area contributed by atoms with Gasteiger partial charge in [0.05, 0.1) is 12.1 Å². The lowest BCUT2D eigenvalue weighted by atomic mass is 9.87. The Hall–Kier alpha value is -3.45. The van der Waals surface area contributed by atoms with Crippen LogP contribution in [0, 0.1) is 13.8 Å². The molecule has 2 heterocycles. The Morgan fingerprint density at radius 3 is 2.31 bits per heavy atom. The first-order chi connectivity index (χ1) is 16.5. The third-order valence-corrected chi connectivity index (χ3v) is 7.54. The summed E-state index contributed by atoms with van der Waals surface area (Å²) >= 11 is 1.24. The number of amides is 2. The van der Waals surface area contributed by atoms with Crippen LogP contribution in [0.15, 0.2) is 42.5 Å². The van der Waals surface area contributed by atoms with Crippen LogP contribution in [-0.4, -0.2) is 34.3 Å². The lowest BCUT2D eigenvalue weighted by Gasteiger charge is -2.27. The van der Waals surface area contributed by atoms with E-state index in [9.17, 15) is 19.5 Å². The standard InChI is InChI=1S/C28H30N2O4S/c1-16-6-11-20(17(2)14-16)26(32)30-13-12-21-22(15-30)35-25(23(21)27(33)34)29-24(31)18-7-9-19(10-8-18)28(3,4)5/h6-11,14H,12-13,15H2,1-5H3,(H,29,31)(H,33,34). The molecule has 0 fully saturated rings. The van der Waals surface area contributed by atoms with E-state index in [0.717, 1.165) is 21.6 Å². The van der Waals surface area contributed by atoms with Crippen molar-refractivity contribution in [3.05, 3.63) is 86.3 Å². The summed E-state index contributed by atoms with van der Waals surface area (Å²) < 4.78 is 0. The van der Waals surface area contributed by atoms with Gasteiger partial charge in [-0.25, -0.2) is 4.79 Å². The fourth-order valence-corrected chi connectivity index (χ4v) is 5.66. The van der Waals surface area contributed by atoms with Gasteiger partial charge in [-0.05, 0) is 60.6 Å². The van der Waals surface area contributed by atoms with Crippen molar-refractivity contribution < 1.29 is 19.5 Å². The Kier molecular flexibility index (Phi) is 6.56. The minimum Gasteiger partial charge on any atom is -0.478 e. The van der Waals surface area contributed by atoms with Crippen molar-refractivity contribution in [3.8, 4) is 0 Å². The number of nitrogens with zero attached hydrogens (tertiary/aromatic N) is 1. The second-order valence-electron chi connectivity index (χ2n) is 10.1. The number of carboxylic acid groups (broad SMARTS) is 1. The highest BCUT2D eigenvalue weighted by molar-refractivity contribution is 7.17. The summed E-state index contributed by atoms with van der Waals surface area (Å²) in [5.41, 5.74) is 5.04. The van der Waals surface area contributed by atoms with Crippen LogP contribution < -0.4 is 5.32 Å². The van der Waals surface area contributed by atoms with Gasteiger partial charge in [-0.3, -0.25) is 9.59 Å². The van der Waals surface area contributed by atoms with Gasteiger partial charge in [-0.2, -0.15) is 0 Å². The highest BCUT2D eigenvalue weighted by atomic mass is 32.1. The minimum atomic E-state index is -1.07. The number of nitrogens with one attached hydrogen (secondary N) is 1. The molecule has 0 aliphatic carbocycles. The lowest BCUT2D eigenvalue weighted by molar-refractivity contribution is 0.0696. The zero-order valence-corrected chi connectivity index (χ0v) is 21.5. The Labute approximate surface area is 209 Å². The number of carboxylic acids is 1. The van der Waals surface area contributed by atoms with Crippen molar-refractivity contribution >= 4 is 34.1 Å². The molecule has 0 spiro atoms. The molecule has 6 nitrogen and oxygen atoms in total. The molecule has 1 aromatic heterocycles. The number of benzene rings is 2. The molecule has 1 aliphatic rings. The maximum atomic E-state index is 13.2. The number of hydrogen-bond donors (Lipinski definition) is 2. The second kappa shape index (κ2) is 9.30. The van der Waals surface area contributed by atoms with Gasteiger partial charge in [-0.1, -0.05) is 50.6 Å². The molecule has 0 bridgehead atoms. The summed E-state index contributed by atoms with van der Waals surface area (Å²) in [7, 11) is 0. The van der Waals surface area contributed by atoms with Crippen LogP contribution in [0.3, 0.4) is 0 Å². The molecule has 0 atom stereocenters. The van der Waals surface area contributed by atoms with Gasteiger partial charge in [0.1, 0.15) is 5.00 Å². The number of hydrogen-bond acceptors (Lipinski definition) is 4. The summed E-state index contributed by atoms with van der Waals surface area (Å²) in [5.74, 6) is -1.49. The molecular weight excluding hydrogens is 460 g/mol. The number of rotatable bonds is 4. The molecule has 2 amide bonds. The first-order valence-corrected chi connectivity index (χ1v) is 12.4. The van der Waals surface area contributed by atoms with Gasteiger partial charge in [0.2, 0.25) is 0 Å². The van der Waals surface area contributed by atoms with Gasteiger partial charge in [0.25, 0.3) is 11.8 Å². The normalized spacial score (nSPS) is 13.3. The predicted octanol–water partition coefficient (Wildman–Crippen LogP) is 5.81. The van der Waals surface area contributed by atoms with Gasteiger partial charge in [-0.15, -0.1) is 11.3 Å². The van der Waals surface area contributed by atoms with Crippen LogP contribution in [-0.2, 0) is 18.4 Å². The third kappa shape index (κ3) is 5.00. The largest absolute Gasteiger partial charge is 0.478 e. The smallest absolute Gasteiger partial charge is 0.339 e. The maximum absolute atomic E-state index is 13.2. The number of thiophene rings is 1. The fraction of sp³-hybridized carbons (Fsp3) is 0.321. The van der Waals surface area contributed by atoms with E-state index in [1.807, 2.05) is 44.2 Å². The minimum absolute atomic E-state index is 0.0290. The number of carbonyl (C=O) groups is 3. The number of fused-ring (bicyclic) bond motifs is 1. The van der Waals surface area contributed by atoms with E-state index in [1.54, 1.807) is 17.0 Å². The fourth-order valence-electron chi connectivity index (χ4n) is 4.41. The van der Waals surface area contributed by atoms with Gasteiger partial charge in [0, 0.05) is 22.5 Å². The zero-order valence-electron chi connectivity index (χ0n) is 20.7. The monoisotopic (exact) mass is 490 g/mol. The van der Waals surface area contributed by atoms with E-state index in [0.29, 0.717) is 41.2 Å². The number of aromatic carboxylic acids is 1. The molecule has 0 radical (unpaired) electrons. The Bertz CT molecular complexity index is 1320. The SMILES string of the molecule is Cc1ccc(C(=O)N2CCc3c(sc(NC(=O)c4ccc(C(C)(C)C)cc4)c3C(=O)O)C2)c(C)c1. The molecule has 2 aromatic carbocycles. The Morgan fingerprint density at radius 2 is 1.71 bits per heavy atom. The van der Waals surface area contributed by atoms with E-state index in [4.69, 9.17) is 0 Å². The molecule has 2 N–H and O–H groups in total. The maximum Gasteiger partial charge on any atom is 0.339 e. The molecular formula is C28H30N2O4S. The van der Waals surface area contributed by atoms with Crippen LogP contribution in [0.5, 0.6) is 0 Å². The van der Waals surface area contributed by atoms with Crippen LogP contribution >= 0.6 is 11.3 Å². The van der Waals surface area contributed by atoms with E-state index >= 15 is 0 Å². The van der Waals surface area contributed by atoms with Crippen LogP contribution in [0.25, 0.3) is 0 Å². The van der Waals surface area contributed by atoms with Crippen molar-refractivity contribution in [2.75, 3.05) is 11.9 Å². The number of aryl methyl sites for hydroxylation is 2. The lowest BCUT2D eigenvalue weighted by Crippen LogP contribution is -2.36. The first-order valence-electron chi connectivity index (χ1n) is 11.6. The average Bonchev–Trinajstić information content (AvgIpc) is 3.15. The summed E-state index contributed by atoms with van der Waals surface area (Å²) in [6.07, 6.45) is 0.431. The third-order valence-electron chi connectivity index (χ3n) is 6.41. The van der Waals surface area contributed by atoms with Gasteiger partial charge < -0.3 is 15.3 Å². The molecule has 0 saturated heterocycles. The molecule has 3 aromatic rings. The topological polar surface area (TPSA) is 86.7 Å². The van der Waals surface area contributed by atoms with Crippen molar-refractivity contribution in [2.24, 2.45) is 0 Å².